The van der Waals surface area contributed by atoms with Gasteiger partial charge in [-0.2, -0.15) is 4.31 Å². The predicted molar refractivity (Wildman–Crippen MR) is 80.7 cm³/mol. The molecule has 1 atom stereocenters. The van der Waals surface area contributed by atoms with Crippen molar-refractivity contribution in [1.29, 1.82) is 0 Å². The first-order valence-electron chi connectivity index (χ1n) is 7.17. The molecule has 1 aromatic rings. The van der Waals surface area contributed by atoms with Crippen molar-refractivity contribution in [2.75, 3.05) is 50.5 Å². The average molecular weight is 311 g/mol. The van der Waals surface area contributed by atoms with Crippen LogP contribution in [0.15, 0.2) is 24.4 Å². The quantitative estimate of drug-likeness (QED) is 0.799. The van der Waals surface area contributed by atoms with Crippen LogP contribution in [0.2, 0.25) is 0 Å². The lowest BCUT2D eigenvalue weighted by Gasteiger charge is -2.30. The van der Waals surface area contributed by atoms with Crippen LogP contribution in [0.25, 0.3) is 0 Å². The van der Waals surface area contributed by atoms with E-state index in [2.05, 4.69) is 9.88 Å². The Balaban J connectivity index is 1.78. The van der Waals surface area contributed by atoms with Crippen LogP contribution < -0.4 is 4.90 Å². The van der Waals surface area contributed by atoms with Crippen LogP contribution in [-0.2, 0) is 14.8 Å². The van der Waals surface area contributed by atoms with Crippen LogP contribution in [0.3, 0.4) is 0 Å². The van der Waals surface area contributed by atoms with Gasteiger partial charge in [0.15, 0.2) is 0 Å². The summed E-state index contributed by atoms with van der Waals surface area (Å²) in [5.74, 6) is 0.949. The monoisotopic (exact) mass is 311 g/mol. The van der Waals surface area contributed by atoms with Gasteiger partial charge >= 0.3 is 0 Å². The lowest BCUT2D eigenvalue weighted by molar-refractivity contribution is 0.0807. The third kappa shape index (κ3) is 3.20. The lowest BCUT2D eigenvalue weighted by Crippen LogP contribution is -2.43. The van der Waals surface area contributed by atoms with Gasteiger partial charge < -0.3 is 9.64 Å². The van der Waals surface area contributed by atoms with Gasteiger partial charge in [-0.3, -0.25) is 0 Å². The van der Waals surface area contributed by atoms with Crippen molar-refractivity contribution in [2.24, 2.45) is 5.41 Å². The molecule has 2 fully saturated rings. The summed E-state index contributed by atoms with van der Waals surface area (Å²) >= 11 is 0. The van der Waals surface area contributed by atoms with Crippen molar-refractivity contribution >= 4 is 15.8 Å². The summed E-state index contributed by atoms with van der Waals surface area (Å²) in [4.78, 5) is 6.60. The Kier molecular flexibility index (Phi) is 3.90. The number of sulfonamides is 1. The lowest BCUT2D eigenvalue weighted by atomic mass is 9.88. The molecule has 2 aliphatic rings. The van der Waals surface area contributed by atoms with Gasteiger partial charge in [0.25, 0.3) is 0 Å². The van der Waals surface area contributed by atoms with Crippen LogP contribution in [-0.4, -0.2) is 63.4 Å². The third-order valence-electron chi connectivity index (χ3n) is 4.29. The van der Waals surface area contributed by atoms with Gasteiger partial charge in [-0.15, -0.1) is 0 Å². The van der Waals surface area contributed by atoms with Crippen molar-refractivity contribution in [3.05, 3.63) is 24.4 Å². The number of nitrogens with zero attached hydrogens (tertiary/aromatic N) is 3. The molecule has 3 rings (SSSR count). The molecule has 0 bridgehead atoms. The molecule has 7 heteroatoms. The zero-order valence-electron chi connectivity index (χ0n) is 12.2. The summed E-state index contributed by atoms with van der Waals surface area (Å²) < 4.78 is 31.0. The van der Waals surface area contributed by atoms with E-state index in [9.17, 15) is 8.42 Å². The largest absolute Gasteiger partial charge is 0.379 e. The molecule has 1 aromatic heterocycles. The zero-order chi connectivity index (χ0) is 14.9. The molecular formula is C14H21N3O3S. The van der Waals surface area contributed by atoms with Crippen LogP contribution in [0, 0.1) is 5.41 Å². The molecule has 3 heterocycles. The Bertz CT molecular complexity index is 593. The molecule has 0 radical (unpaired) electrons. The molecule has 1 spiro atoms. The number of ether oxygens (including phenoxy) is 1. The minimum absolute atomic E-state index is 0.128. The standard InChI is InChI=1S/C14H21N3O3S/c1-21(18,19)17-8-9-20-12-14(11-17)5-7-16(10-14)13-4-2-3-6-15-13/h2-4,6H,5,7-12H2,1H3/t14-/m0/s1. The van der Waals surface area contributed by atoms with Gasteiger partial charge in [-0.05, 0) is 18.6 Å². The van der Waals surface area contributed by atoms with E-state index in [0.29, 0.717) is 26.3 Å². The Morgan fingerprint density at radius 1 is 1.29 bits per heavy atom. The topological polar surface area (TPSA) is 62.7 Å². The van der Waals surface area contributed by atoms with E-state index in [1.54, 1.807) is 10.5 Å². The maximum Gasteiger partial charge on any atom is 0.211 e. The van der Waals surface area contributed by atoms with Crippen LogP contribution >= 0.6 is 0 Å². The van der Waals surface area contributed by atoms with E-state index in [4.69, 9.17) is 4.74 Å². The molecule has 0 aromatic carbocycles. The molecule has 0 unspecified atom stereocenters. The van der Waals surface area contributed by atoms with E-state index >= 15 is 0 Å². The maximum absolute atomic E-state index is 11.9. The van der Waals surface area contributed by atoms with Crippen LogP contribution in [0.5, 0.6) is 0 Å². The minimum atomic E-state index is -3.18. The Morgan fingerprint density at radius 3 is 2.86 bits per heavy atom. The summed E-state index contributed by atoms with van der Waals surface area (Å²) in [6, 6.07) is 5.86. The molecule has 0 saturated carbocycles. The molecule has 21 heavy (non-hydrogen) atoms. The second kappa shape index (κ2) is 5.55. The van der Waals surface area contributed by atoms with Crippen molar-refractivity contribution in [3.8, 4) is 0 Å². The number of hydrogen-bond donors (Lipinski definition) is 0. The number of rotatable bonds is 2. The highest BCUT2D eigenvalue weighted by Crippen LogP contribution is 2.35. The number of aromatic nitrogens is 1. The summed E-state index contributed by atoms with van der Waals surface area (Å²) in [6.07, 6.45) is 3.99. The normalized spacial score (nSPS) is 28.0. The fourth-order valence-electron chi connectivity index (χ4n) is 3.16. The first-order chi connectivity index (χ1) is 9.99. The van der Waals surface area contributed by atoms with E-state index < -0.39 is 10.0 Å². The Hall–Kier alpha value is -1.18. The summed E-state index contributed by atoms with van der Waals surface area (Å²) in [5, 5.41) is 0. The van der Waals surface area contributed by atoms with E-state index in [-0.39, 0.29) is 5.41 Å². The van der Waals surface area contributed by atoms with Crippen LogP contribution in [0.4, 0.5) is 5.82 Å². The highest BCUT2D eigenvalue weighted by atomic mass is 32.2. The van der Waals surface area contributed by atoms with Gasteiger partial charge in [0.1, 0.15) is 5.82 Å². The fraction of sp³-hybridized carbons (Fsp3) is 0.643. The Morgan fingerprint density at radius 2 is 2.14 bits per heavy atom. The first-order valence-corrected chi connectivity index (χ1v) is 9.02. The van der Waals surface area contributed by atoms with Gasteiger partial charge in [0.05, 0.1) is 19.5 Å². The highest BCUT2D eigenvalue weighted by molar-refractivity contribution is 7.88. The van der Waals surface area contributed by atoms with E-state index in [1.165, 1.54) is 6.26 Å². The predicted octanol–water partition coefficient (Wildman–Crippen LogP) is 0.570. The highest BCUT2D eigenvalue weighted by Gasteiger charge is 2.43. The van der Waals surface area contributed by atoms with Crippen molar-refractivity contribution in [3.63, 3.8) is 0 Å². The second-order valence-electron chi connectivity index (χ2n) is 6.01. The fourth-order valence-corrected chi connectivity index (χ4v) is 4.07. The molecule has 0 amide bonds. The smallest absolute Gasteiger partial charge is 0.211 e. The third-order valence-corrected chi connectivity index (χ3v) is 5.54. The number of anilines is 1. The van der Waals surface area contributed by atoms with Crippen LogP contribution in [0.1, 0.15) is 6.42 Å². The molecule has 2 aliphatic heterocycles. The summed E-state index contributed by atoms with van der Waals surface area (Å²) in [7, 11) is -3.18. The molecular weight excluding hydrogens is 290 g/mol. The number of pyridine rings is 1. The zero-order valence-corrected chi connectivity index (χ0v) is 13.1. The molecule has 0 N–H and O–H groups in total. The molecule has 2 saturated heterocycles. The van der Waals surface area contributed by atoms with Gasteiger partial charge in [0.2, 0.25) is 10.0 Å². The first kappa shape index (κ1) is 14.7. The summed E-state index contributed by atoms with van der Waals surface area (Å²) in [6.45, 7) is 3.74. The number of hydrogen-bond acceptors (Lipinski definition) is 5. The van der Waals surface area contributed by atoms with Crippen molar-refractivity contribution in [2.45, 2.75) is 6.42 Å². The van der Waals surface area contributed by atoms with Gasteiger partial charge in [0, 0.05) is 37.8 Å². The summed E-state index contributed by atoms with van der Waals surface area (Å²) in [5.41, 5.74) is -0.128. The molecule has 6 nitrogen and oxygen atoms in total. The second-order valence-corrected chi connectivity index (χ2v) is 7.99. The van der Waals surface area contributed by atoms with Crippen molar-refractivity contribution < 1.29 is 13.2 Å². The van der Waals surface area contributed by atoms with Gasteiger partial charge in [-0.25, -0.2) is 13.4 Å². The van der Waals surface area contributed by atoms with Gasteiger partial charge in [-0.1, -0.05) is 6.07 Å². The SMILES string of the molecule is CS(=O)(=O)N1CCOC[C@]2(CCN(c3ccccn3)C2)C1. The Labute approximate surface area is 125 Å². The average Bonchev–Trinajstić information content (AvgIpc) is 2.73. The molecule has 0 aliphatic carbocycles. The van der Waals surface area contributed by atoms with Crippen molar-refractivity contribution in [1.82, 2.24) is 9.29 Å². The maximum atomic E-state index is 11.9. The molecule has 116 valence electrons. The van der Waals surface area contributed by atoms with E-state index in [1.807, 2.05) is 18.2 Å². The minimum Gasteiger partial charge on any atom is -0.379 e. The van der Waals surface area contributed by atoms with E-state index in [0.717, 1.165) is 25.3 Å².